The highest BCUT2D eigenvalue weighted by molar-refractivity contribution is 8.00. The van der Waals surface area contributed by atoms with Gasteiger partial charge >= 0.3 is 0 Å². The van der Waals surface area contributed by atoms with E-state index in [1.807, 2.05) is 12.1 Å². The van der Waals surface area contributed by atoms with Crippen molar-refractivity contribution in [2.75, 3.05) is 0 Å². The third-order valence-corrected chi connectivity index (χ3v) is 2.96. The number of rotatable bonds is 1. The summed E-state index contributed by atoms with van der Waals surface area (Å²) in [5.74, 6) is 0. The first-order chi connectivity index (χ1) is 6.96. The summed E-state index contributed by atoms with van der Waals surface area (Å²) in [4.78, 5) is 4.49. The molecule has 0 aliphatic rings. The molecule has 15 heavy (non-hydrogen) atoms. The molecule has 0 spiro atoms. The lowest BCUT2D eigenvalue weighted by Crippen LogP contribution is -2.06. The minimum Gasteiger partial charge on any atom is -0.431 e. The number of aromatic nitrogens is 1. The van der Waals surface area contributed by atoms with E-state index in [1.54, 1.807) is 11.8 Å². The van der Waals surface area contributed by atoms with Gasteiger partial charge in [-0.15, -0.1) is 0 Å². The van der Waals surface area contributed by atoms with Crippen molar-refractivity contribution in [2.24, 2.45) is 0 Å². The molecule has 0 radical (unpaired) electrons. The van der Waals surface area contributed by atoms with Crippen LogP contribution in [-0.4, -0.2) is 9.73 Å². The Bertz CT molecular complexity index is 482. The molecule has 3 heteroatoms. The van der Waals surface area contributed by atoms with Crippen molar-refractivity contribution in [1.29, 1.82) is 0 Å². The Morgan fingerprint density at radius 3 is 2.60 bits per heavy atom. The number of aryl methyl sites for hydroxylation is 1. The largest absolute Gasteiger partial charge is 0.431 e. The van der Waals surface area contributed by atoms with Gasteiger partial charge in [0.25, 0.3) is 5.22 Å². The van der Waals surface area contributed by atoms with Crippen LogP contribution >= 0.6 is 11.8 Å². The molecule has 0 saturated heterocycles. The van der Waals surface area contributed by atoms with Crippen LogP contribution in [0.3, 0.4) is 0 Å². The van der Waals surface area contributed by atoms with Gasteiger partial charge in [0.2, 0.25) is 0 Å². The first-order valence-corrected chi connectivity index (χ1v) is 5.82. The number of thioether (sulfide) groups is 1. The quantitative estimate of drug-likeness (QED) is 0.680. The summed E-state index contributed by atoms with van der Waals surface area (Å²) in [6.45, 7) is 8.51. The molecule has 0 saturated carbocycles. The predicted molar refractivity (Wildman–Crippen MR) is 64.4 cm³/mol. The van der Waals surface area contributed by atoms with Gasteiger partial charge in [0.15, 0.2) is 5.58 Å². The maximum Gasteiger partial charge on any atom is 0.257 e. The molecule has 0 fully saturated rings. The summed E-state index contributed by atoms with van der Waals surface area (Å²) in [7, 11) is 0. The summed E-state index contributed by atoms with van der Waals surface area (Å²) in [6, 6.07) is 6.01. The van der Waals surface area contributed by atoms with Gasteiger partial charge in [0, 0.05) is 4.75 Å². The third-order valence-electron chi connectivity index (χ3n) is 1.99. The number of hydrogen-bond donors (Lipinski definition) is 0. The van der Waals surface area contributed by atoms with Crippen molar-refractivity contribution < 1.29 is 4.42 Å². The number of hydrogen-bond acceptors (Lipinski definition) is 3. The lowest BCUT2D eigenvalue weighted by molar-refractivity contribution is 0.486. The smallest absolute Gasteiger partial charge is 0.257 e. The molecule has 2 nitrogen and oxygen atoms in total. The maximum absolute atomic E-state index is 5.68. The Morgan fingerprint density at radius 2 is 2.00 bits per heavy atom. The fourth-order valence-electron chi connectivity index (χ4n) is 1.37. The number of para-hydroxylation sites is 1. The first kappa shape index (κ1) is 10.6. The van der Waals surface area contributed by atoms with Crippen LogP contribution in [0.25, 0.3) is 11.1 Å². The molecule has 0 unspecified atom stereocenters. The van der Waals surface area contributed by atoms with Crippen molar-refractivity contribution in [2.45, 2.75) is 37.7 Å². The Labute approximate surface area is 94.1 Å². The zero-order chi connectivity index (χ0) is 11.1. The maximum atomic E-state index is 5.68. The second-order valence-electron chi connectivity index (χ2n) is 4.62. The van der Waals surface area contributed by atoms with Crippen LogP contribution in [0.1, 0.15) is 26.3 Å². The van der Waals surface area contributed by atoms with Crippen LogP contribution in [0.4, 0.5) is 0 Å². The molecule has 0 aliphatic heterocycles. The molecule has 80 valence electrons. The zero-order valence-electron chi connectivity index (χ0n) is 9.50. The number of fused-ring (bicyclic) bond motifs is 1. The highest BCUT2D eigenvalue weighted by Gasteiger charge is 2.17. The van der Waals surface area contributed by atoms with Crippen LogP contribution < -0.4 is 0 Å². The van der Waals surface area contributed by atoms with E-state index in [4.69, 9.17) is 4.42 Å². The number of benzene rings is 1. The minimum absolute atomic E-state index is 0.134. The summed E-state index contributed by atoms with van der Waals surface area (Å²) in [5.41, 5.74) is 3.02. The molecule has 0 bridgehead atoms. The Hall–Kier alpha value is -0.960. The Morgan fingerprint density at radius 1 is 1.27 bits per heavy atom. The van der Waals surface area contributed by atoms with E-state index in [1.165, 1.54) is 0 Å². The normalized spacial score (nSPS) is 12.3. The topological polar surface area (TPSA) is 26.0 Å². The van der Waals surface area contributed by atoms with Gasteiger partial charge in [-0.2, -0.15) is 0 Å². The van der Waals surface area contributed by atoms with Crippen molar-refractivity contribution in [3.8, 4) is 0 Å². The van der Waals surface area contributed by atoms with Gasteiger partial charge in [-0.3, -0.25) is 0 Å². The number of oxazole rings is 1. The third kappa shape index (κ3) is 2.34. The lowest BCUT2D eigenvalue weighted by atomic mass is 10.2. The second kappa shape index (κ2) is 3.56. The first-order valence-electron chi connectivity index (χ1n) is 5.01. The van der Waals surface area contributed by atoms with Crippen LogP contribution in [-0.2, 0) is 0 Å². The van der Waals surface area contributed by atoms with E-state index in [0.29, 0.717) is 0 Å². The van der Waals surface area contributed by atoms with Gasteiger partial charge in [0.1, 0.15) is 5.52 Å². The highest BCUT2D eigenvalue weighted by atomic mass is 32.2. The zero-order valence-corrected chi connectivity index (χ0v) is 10.3. The van der Waals surface area contributed by atoms with Gasteiger partial charge in [-0.05, 0) is 18.6 Å². The molecule has 2 aromatic rings. The summed E-state index contributed by atoms with van der Waals surface area (Å²) in [5, 5.41) is 0.756. The van der Waals surface area contributed by atoms with Crippen molar-refractivity contribution in [3.63, 3.8) is 0 Å². The average Bonchev–Trinajstić information content (AvgIpc) is 2.45. The van der Waals surface area contributed by atoms with Crippen molar-refractivity contribution >= 4 is 22.9 Å². The fraction of sp³-hybridized carbons (Fsp3) is 0.417. The molecule has 0 N–H and O–H groups in total. The predicted octanol–water partition coefficient (Wildman–Crippen LogP) is 4.03. The molecule has 1 heterocycles. The molecular formula is C12H15NOS. The van der Waals surface area contributed by atoms with E-state index >= 15 is 0 Å². The molecule has 0 amide bonds. The van der Waals surface area contributed by atoms with Gasteiger partial charge in [-0.25, -0.2) is 4.98 Å². The van der Waals surface area contributed by atoms with E-state index in [0.717, 1.165) is 21.9 Å². The minimum atomic E-state index is 0.134. The standard InChI is InChI=1S/C12H15NOS/c1-8-6-5-7-9-10(8)13-11(14-9)15-12(2,3)4/h5-7H,1-4H3. The summed E-state index contributed by atoms with van der Waals surface area (Å²) >= 11 is 1.66. The van der Waals surface area contributed by atoms with E-state index < -0.39 is 0 Å². The Kier molecular flexibility index (Phi) is 2.51. The van der Waals surface area contributed by atoms with Crippen LogP contribution in [0.2, 0.25) is 0 Å². The van der Waals surface area contributed by atoms with Gasteiger partial charge < -0.3 is 4.42 Å². The molecule has 0 aliphatic carbocycles. The molecule has 1 aromatic carbocycles. The average molecular weight is 221 g/mol. The fourth-order valence-corrected chi connectivity index (χ4v) is 2.16. The SMILES string of the molecule is Cc1cccc2oc(SC(C)(C)C)nc12. The number of nitrogens with zero attached hydrogens (tertiary/aromatic N) is 1. The highest BCUT2D eigenvalue weighted by Crippen LogP contribution is 2.33. The van der Waals surface area contributed by atoms with E-state index in [9.17, 15) is 0 Å². The molecule has 2 rings (SSSR count). The van der Waals surface area contributed by atoms with E-state index in [-0.39, 0.29) is 4.75 Å². The van der Waals surface area contributed by atoms with Crippen LogP contribution in [0.5, 0.6) is 0 Å². The molecule has 1 aromatic heterocycles. The monoisotopic (exact) mass is 221 g/mol. The Balaban J connectivity index is 2.44. The lowest BCUT2D eigenvalue weighted by Gasteiger charge is -2.13. The van der Waals surface area contributed by atoms with Crippen molar-refractivity contribution in [1.82, 2.24) is 4.98 Å². The second-order valence-corrected chi connectivity index (χ2v) is 6.39. The van der Waals surface area contributed by atoms with E-state index in [2.05, 4.69) is 38.7 Å². The summed E-state index contributed by atoms with van der Waals surface area (Å²) < 4.78 is 5.81. The van der Waals surface area contributed by atoms with Gasteiger partial charge in [0.05, 0.1) is 0 Å². The van der Waals surface area contributed by atoms with Crippen LogP contribution in [0, 0.1) is 6.92 Å². The summed E-state index contributed by atoms with van der Waals surface area (Å²) in [6.07, 6.45) is 0. The molecular weight excluding hydrogens is 206 g/mol. The molecule has 0 atom stereocenters. The van der Waals surface area contributed by atoms with Crippen molar-refractivity contribution in [3.05, 3.63) is 23.8 Å². The van der Waals surface area contributed by atoms with Gasteiger partial charge in [-0.1, -0.05) is 44.7 Å². The van der Waals surface area contributed by atoms with Crippen LogP contribution in [0.15, 0.2) is 27.8 Å².